The van der Waals surface area contributed by atoms with E-state index in [1.807, 2.05) is 31.2 Å². The highest BCUT2D eigenvalue weighted by Gasteiger charge is 2.60. The number of carbonyl (C=O) groups is 1. The van der Waals surface area contributed by atoms with E-state index in [1.54, 1.807) is 24.3 Å². The molecular weight excluding hydrogens is 466 g/mol. The fourth-order valence-corrected chi connectivity index (χ4v) is 5.85. The Labute approximate surface area is 200 Å². The number of rotatable bonds is 2. The average Bonchev–Trinajstić information content (AvgIpc) is 3.02. The van der Waals surface area contributed by atoms with Crippen LogP contribution in [0.1, 0.15) is 40.6 Å². The molecule has 162 valence electrons. The molecule has 1 fully saturated rings. The zero-order valence-corrected chi connectivity index (χ0v) is 19.4. The molecule has 3 aromatic carbocycles. The van der Waals surface area contributed by atoms with E-state index in [4.69, 9.17) is 35.4 Å². The average molecular weight is 485 g/mol. The summed E-state index contributed by atoms with van der Waals surface area (Å²) in [6.07, 6.45) is 0.454. The van der Waals surface area contributed by atoms with E-state index in [1.165, 1.54) is 12.1 Å². The number of carbonyl (C=O) groups excluding carboxylic acids is 1. The highest BCUT2D eigenvalue weighted by molar-refractivity contribution is 7.80. The number of nitrogens with one attached hydrogen (secondary N) is 2. The minimum Gasteiger partial charge on any atom is -0.371 e. The van der Waals surface area contributed by atoms with Crippen LogP contribution in [0.4, 0.5) is 10.1 Å². The van der Waals surface area contributed by atoms with Crippen LogP contribution in [-0.4, -0.2) is 10.9 Å². The lowest BCUT2D eigenvalue weighted by Crippen LogP contribution is -2.56. The molecule has 3 nitrogen and oxygen atoms in total. The van der Waals surface area contributed by atoms with E-state index in [-0.39, 0.29) is 17.6 Å². The van der Waals surface area contributed by atoms with Gasteiger partial charge in [0, 0.05) is 28.1 Å². The van der Waals surface area contributed by atoms with Gasteiger partial charge in [0.15, 0.2) is 0 Å². The first-order chi connectivity index (χ1) is 15.3. The standard InChI is InChI=1S/C25H19Cl2FN2OS/c1-13-5-7-17(28)11-18(13)23-25(19-8-6-16(27)10-21(19)29-24(25)31)20(12-22(32)30-23)14-3-2-4-15(26)9-14/h2-11,20,23H,12H2,1H3,(H,29,31)(H,30,32)/t20-,23+,25-/m0/s1. The van der Waals surface area contributed by atoms with Crippen molar-refractivity contribution in [2.75, 3.05) is 5.32 Å². The number of halogens is 3. The zero-order valence-electron chi connectivity index (χ0n) is 17.1. The number of piperidine rings is 1. The summed E-state index contributed by atoms with van der Waals surface area (Å²) in [6, 6.07) is 17.0. The van der Waals surface area contributed by atoms with Gasteiger partial charge in [0.1, 0.15) is 11.2 Å². The van der Waals surface area contributed by atoms with Crippen LogP contribution in [0.3, 0.4) is 0 Å². The predicted octanol–water partition coefficient (Wildman–Crippen LogP) is 6.48. The molecular formula is C25H19Cl2FN2OS. The van der Waals surface area contributed by atoms with Gasteiger partial charge in [-0.2, -0.15) is 0 Å². The van der Waals surface area contributed by atoms with Gasteiger partial charge >= 0.3 is 0 Å². The lowest BCUT2D eigenvalue weighted by molar-refractivity contribution is -0.123. The largest absolute Gasteiger partial charge is 0.371 e. The quantitative estimate of drug-likeness (QED) is 0.409. The minimum atomic E-state index is -1.08. The monoisotopic (exact) mass is 484 g/mol. The Balaban J connectivity index is 1.83. The Bertz CT molecular complexity index is 1280. The Morgan fingerprint density at radius 3 is 2.62 bits per heavy atom. The van der Waals surface area contributed by atoms with E-state index in [2.05, 4.69) is 10.6 Å². The maximum Gasteiger partial charge on any atom is 0.238 e. The lowest BCUT2D eigenvalue weighted by atomic mass is 9.59. The molecule has 0 unspecified atom stereocenters. The van der Waals surface area contributed by atoms with Crippen LogP contribution in [0.2, 0.25) is 10.0 Å². The van der Waals surface area contributed by atoms with Crippen LogP contribution < -0.4 is 10.6 Å². The zero-order chi connectivity index (χ0) is 22.6. The van der Waals surface area contributed by atoms with Crippen molar-refractivity contribution < 1.29 is 9.18 Å². The molecule has 7 heteroatoms. The smallest absolute Gasteiger partial charge is 0.238 e. The van der Waals surface area contributed by atoms with Crippen LogP contribution >= 0.6 is 35.4 Å². The van der Waals surface area contributed by atoms with E-state index in [0.29, 0.717) is 32.7 Å². The highest BCUT2D eigenvalue weighted by atomic mass is 35.5. The Morgan fingerprint density at radius 1 is 1.06 bits per heavy atom. The number of fused-ring (bicyclic) bond motifs is 2. The van der Waals surface area contributed by atoms with Gasteiger partial charge in [-0.25, -0.2) is 4.39 Å². The van der Waals surface area contributed by atoms with Crippen molar-refractivity contribution in [1.29, 1.82) is 0 Å². The first-order valence-electron chi connectivity index (χ1n) is 10.2. The molecule has 0 radical (unpaired) electrons. The second kappa shape index (κ2) is 7.84. The first kappa shape index (κ1) is 21.4. The van der Waals surface area contributed by atoms with Crippen molar-refractivity contribution in [1.82, 2.24) is 5.32 Å². The van der Waals surface area contributed by atoms with Crippen molar-refractivity contribution >= 4 is 52.0 Å². The first-order valence-corrected chi connectivity index (χ1v) is 11.4. The Kier molecular flexibility index (Phi) is 5.24. The summed E-state index contributed by atoms with van der Waals surface area (Å²) in [5.74, 6) is -0.860. The SMILES string of the molecule is Cc1ccc(F)cc1[C@H]1NC(=S)C[C@@H](c2cccc(Cl)c2)[C@]12C(=O)Nc1cc(Cl)ccc12. The van der Waals surface area contributed by atoms with Crippen molar-refractivity contribution in [3.05, 3.63) is 98.8 Å². The van der Waals surface area contributed by atoms with Crippen LogP contribution in [-0.2, 0) is 10.2 Å². The summed E-state index contributed by atoms with van der Waals surface area (Å²) < 4.78 is 14.4. The molecule has 2 N–H and O–H groups in total. The van der Waals surface area contributed by atoms with Gasteiger partial charge in [0.25, 0.3) is 0 Å². The topological polar surface area (TPSA) is 41.1 Å². The van der Waals surface area contributed by atoms with Gasteiger partial charge in [0.2, 0.25) is 5.91 Å². The summed E-state index contributed by atoms with van der Waals surface area (Å²) in [5, 5.41) is 7.51. The molecule has 0 aliphatic carbocycles. The van der Waals surface area contributed by atoms with Crippen molar-refractivity contribution in [2.24, 2.45) is 0 Å². The third-order valence-electron chi connectivity index (χ3n) is 6.55. The molecule has 2 heterocycles. The number of thiocarbonyl (C=S) groups is 1. The maximum absolute atomic E-state index is 14.4. The number of hydrogen-bond acceptors (Lipinski definition) is 2. The molecule has 1 saturated heterocycles. The summed E-state index contributed by atoms with van der Waals surface area (Å²) >= 11 is 18.2. The normalized spacial score (nSPS) is 24.2. The fraction of sp³-hybridized carbons (Fsp3) is 0.200. The number of benzene rings is 3. The second-order valence-electron chi connectivity index (χ2n) is 8.33. The van der Waals surface area contributed by atoms with Crippen molar-refractivity contribution in [2.45, 2.75) is 30.7 Å². The molecule has 1 spiro atoms. The van der Waals surface area contributed by atoms with E-state index < -0.39 is 11.5 Å². The maximum atomic E-state index is 14.4. The summed E-state index contributed by atoms with van der Waals surface area (Å²) in [4.78, 5) is 14.5. The number of amides is 1. The van der Waals surface area contributed by atoms with Crippen LogP contribution in [0, 0.1) is 12.7 Å². The molecule has 3 aromatic rings. The third kappa shape index (κ3) is 3.22. The molecule has 0 saturated carbocycles. The number of hydrogen-bond donors (Lipinski definition) is 2. The van der Waals surface area contributed by atoms with Crippen LogP contribution in [0.15, 0.2) is 60.7 Å². The van der Waals surface area contributed by atoms with Gasteiger partial charge in [-0.15, -0.1) is 0 Å². The van der Waals surface area contributed by atoms with Crippen LogP contribution in [0.5, 0.6) is 0 Å². The highest BCUT2D eigenvalue weighted by Crippen LogP contribution is 2.58. The van der Waals surface area contributed by atoms with E-state index >= 15 is 0 Å². The second-order valence-corrected chi connectivity index (χ2v) is 9.69. The van der Waals surface area contributed by atoms with Gasteiger partial charge in [-0.3, -0.25) is 4.79 Å². The summed E-state index contributed by atoms with van der Waals surface area (Å²) in [6.45, 7) is 1.91. The predicted molar refractivity (Wildman–Crippen MR) is 130 cm³/mol. The molecule has 0 bridgehead atoms. The fourth-order valence-electron chi connectivity index (χ4n) is 5.19. The summed E-state index contributed by atoms with van der Waals surface area (Å²) in [7, 11) is 0. The molecule has 0 aromatic heterocycles. The molecule has 3 atom stereocenters. The van der Waals surface area contributed by atoms with Gasteiger partial charge < -0.3 is 10.6 Å². The number of anilines is 1. The summed E-state index contributed by atoms with van der Waals surface area (Å²) in [5.41, 5.74) is 2.85. The minimum absolute atomic E-state index is 0.177. The molecule has 5 rings (SSSR count). The molecule has 32 heavy (non-hydrogen) atoms. The third-order valence-corrected chi connectivity index (χ3v) is 7.31. The Hall–Kier alpha value is -2.47. The van der Waals surface area contributed by atoms with Gasteiger partial charge in [-0.1, -0.05) is 59.7 Å². The van der Waals surface area contributed by atoms with E-state index in [0.717, 1.165) is 16.7 Å². The van der Waals surface area contributed by atoms with E-state index in [9.17, 15) is 9.18 Å². The molecule has 1 amide bonds. The van der Waals surface area contributed by atoms with Gasteiger partial charge in [-0.05, 0) is 65.6 Å². The van der Waals surface area contributed by atoms with Crippen LogP contribution in [0.25, 0.3) is 0 Å². The van der Waals surface area contributed by atoms with Crippen molar-refractivity contribution in [3.8, 4) is 0 Å². The molecule has 2 aliphatic rings. The lowest BCUT2D eigenvalue weighted by Gasteiger charge is -2.47. The molecule has 2 aliphatic heterocycles. The van der Waals surface area contributed by atoms with Gasteiger partial charge in [0.05, 0.1) is 11.0 Å². The van der Waals surface area contributed by atoms with Crippen molar-refractivity contribution in [3.63, 3.8) is 0 Å². The number of aryl methyl sites for hydroxylation is 1. The Morgan fingerprint density at radius 2 is 1.84 bits per heavy atom.